The van der Waals surface area contributed by atoms with Gasteiger partial charge in [-0.05, 0) is 43.3 Å². The Kier molecular flexibility index (Phi) is 7.27. The van der Waals surface area contributed by atoms with E-state index < -0.39 is 35.7 Å². The summed E-state index contributed by atoms with van der Waals surface area (Å²) >= 11 is 5.89. The fourth-order valence-electron chi connectivity index (χ4n) is 3.02. The van der Waals surface area contributed by atoms with Gasteiger partial charge in [-0.2, -0.15) is 13.2 Å². The number of hydrogen-bond acceptors (Lipinski definition) is 5. The van der Waals surface area contributed by atoms with Crippen molar-refractivity contribution in [3.63, 3.8) is 0 Å². The lowest BCUT2D eigenvalue weighted by molar-refractivity contribution is -0.145. The van der Waals surface area contributed by atoms with E-state index in [0.29, 0.717) is 5.39 Å². The monoisotopic (exact) mass is 482 g/mol. The Morgan fingerprint density at radius 3 is 2.58 bits per heavy atom. The van der Waals surface area contributed by atoms with Crippen LogP contribution in [0.2, 0.25) is 5.02 Å². The molecule has 1 heterocycles. The SMILES string of the molecule is CCOC(=O)COc1cccc2c(=O)n(CC(=O)Nc3cc(C(F)(F)F)ccc3Cl)ccc12. The molecule has 3 aromatic rings. The summed E-state index contributed by atoms with van der Waals surface area (Å²) in [6.45, 7) is 1.07. The smallest absolute Gasteiger partial charge is 0.416 e. The van der Waals surface area contributed by atoms with Gasteiger partial charge >= 0.3 is 12.1 Å². The second-order valence-corrected chi connectivity index (χ2v) is 7.21. The van der Waals surface area contributed by atoms with Gasteiger partial charge in [0.05, 0.1) is 28.3 Å². The summed E-state index contributed by atoms with van der Waals surface area (Å²) in [5.74, 6) is -1.02. The lowest BCUT2D eigenvalue weighted by Gasteiger charge is -2.13. The molecule has 0 saturated heterocycles. The second kappa shape index (κ2) is 9.95. The Morgan fingerprint density at radius 1 is 1.12 bits per heavy atom. The molecule has 0 saturated carbocycles. The van der Waals surface area contributed by atoms with Crippen molar-refractivity contribution in [3.05, 3.63) is 69.6 Å². The van der Waals surface area contributed by atoms with Gasteiger partial charge in [-0.25, -0.2) is 4.79 Å². The van der Waals surface area contributed by atoms with Crippen molar-refractivity contribution in [3.8, 4) is 5.75 Å². The van der Waals surface area contributed by atoms with E-state index in [2.05, 4.69) is 5.32 Å². The molecule has 0 aliphatic rings. The van der Waals surface area contributed by atoms with Crippen LogP contribution in [0.1, 0.15) is 12.5 Å². The molecule has 1 aromatic heterocycles. The molecular formula is C22H18ClF3N2O5. The van der Waals surface area contributed by atoms with Crippen molar-refractivity contribution in [2.45, 2.75) is 19.6 Å². The van der Waals surface area contributed by atoms with E-state index in [0.717, 1.165) is 22.8 Å². The van der Waals surface area contributed by atoms with Gasteiger partial charge in [0, 0.05) is 11.6 Å². The minimum Gasteiger partial charge on any atom is -0.481 e. The number of aromatic nitrogens is 1. The molecule has 1 amide bonds. The van der Waals surface area contributed by atoms with E-state index >= 15 is 0 Å². The van der Waals surface area contributed by atoms with Crippen molar-refractivity contribution in [1.29, 1.82) is 0 Å². The number of pyridine rings is 1. The number of halogens is 4. The van der Waals surface area contributed by atoms with Crippen LogP contribution in [0.3, 0.4) is 0 Å². The molecular weight excluding hydrogens is 465 g/mol. The maximum atomic E-state index is 12.9. The van der Waals surface area contributed by atoms with Crippen molar-refractivity contribution in [2.75, 3.05) is 18.5 Å². The van der Waals surface area contributed by atoms with Gasteiger partial charge in [0.1, 0.15) is 12.3 Å². The highest BCUT2D eigenvalue weighted by atomic mass is 35.5. The first-order valence-electron chi connectivity index (χ1n) is 9.67. The van der Waals surface area contributed by atoms with Crippen LogP contribution in [0.5, 0.6) is 5.75 Å². The number of nitrogens with one attached hydrogen (secondary N) is 1. The van der Waals surface area contributed by atoms with Gasteiger partial charge < -0.3 is 19.4 Å². The molecule has 0 radical (unpaired) electrons. The zero-order valence-corrected chi connectivity index (χ0v) is 18.0. The number of alkyl halides is 3. The molecule has 7 nitrogen and oxygen atoms in total. The van der Waals surface area contributed by atoms with E-state index in [1.807, 2.05) is 0 Å². The first-order chi connectivity index (χ1) is 15.6. The lowest BCUT2D eigenvalue weighted by atomic mass is 10.1. The predicted octanol–water partition coefficient (Wildman–Crippen LogP) is 4.25. The lowest BCUT2D eigenvalue weighted by Crippen LogP contribution is -2.27. The first-order valence-corrected chi connectivity index (χ1v) is 10.0. The fraction of sp³-hybridized carbons (Fsp3) is 0.227. The van der Waals surface area contributed by atoms with E-state index in [4.69, 9.17) is 21.1 Å². The first kappa shape index (κ1) is 24.1. The molecule has 0 spiro atoms. The topological polar surface area (TPSA) is 86.6 Å². The number of rotatable bonds is 7. The van der Waals surface area contributed by atoms with Gasteiger partial charge in [-0.1, -0.05) is 17.7 Å². The number of carbonyl (C=O) groups excluding carboxylic acids is 2. The summed E-state index contributed by atoms with van der Waals surface area (Å²) in [6.07, 6.45) is -3.26. The number of esters is 1. The number of fused-ring (bicyclic) bond motifs is 1. The highest BCUT2D eigenvalue weighted by Gasteiger charge is 2.31. The van der Waals surface area contributed by atoms with Gasteiger partial charge in [0.25, 0.3) is 5.56 Å². The molecule has 0 bridgehead atoms. The second-order valence-electron chi connectivity index (χ2n) is 6.80. The van der Waals surface area contributed by atoms with Crippen LogP contribution in [-0.4, -0.2) is 29.7 Å². The predicted molar refractivity (Wildman–Crippen MR) is 115 cm³/mol. The molecule has 3 rings (SSSR count). The van der Waals surface area contributed by atoms with Crippen LogP contribution in [0.4, 0.5) is 18.9 Å². The number of ether oxygens (including phenoxy) is 2. The van der Waals surface area contributed by atoms with Crippen LogP contribution in [0.25, 0.3) is 10.8 Å². The Morgan fingerprint density at radius 2 is 1.88 bits per heavy atom. The maximum Gasteiger partial charge on any atom is 0.416 e. The Labute approximate surface area is 190 Å². The van der Waals surface area contributed by atoms with Gasteiger partial charge in [-0.15, -0.1) is 0 Å². The molecule has 2 aromatic carbocycles. The summed E-state index contributed by atoms with van der Waals surface area (Å²) in [6, 6.07) is 8.73. The molecule has 0 aliphatic heterocycles. The molecule has 1 N–H and O–H groups in total. The molecule has 0 fully saturated rings. The molecule has 0 aliphatic carbocycles. The van der Waals surface area contributed by atoms with Gasteiger partial charge in [-0.3, -0.25) is 9.59 Å². The van der Waals surface area contributed by atoms with Crippen molar-refractivity contribution >= 4 is 39.9 Å². The largest absolute Gasteiger partial charge is 0.481 e. The van der Waals surface area contributed by atoms with Crippen molar-refractivity contribution in [2.24, 2.45) is 0 Å². The number of carbonyl (C=O) groups is 2. The number of nitrogens with zero attached hydrogens (tertiary/aromatic N) is 1. The minimum atomic E-state index is -4.60. The van der Waals surface area contributed by atoms with Crippen molar-refractivity contribution in [1.82, 2.24) is 4.57 Å². The zero-order valence-electron chi connectivity index (χ0n) is 17.2. The normalized spacial score (nSPS) is 11.3. The fourth-order valence-corrected chi connectivity index (χ4v) is 3.19. The molecule has 0 atom stereocenters. The average molecular weight is 483 g/mol. The highest BCUT2D eigenvalue weighted by Crippen LogP contribution is 2.33. The quantitative estimate of drug-likeness (QED) is 0.509. The van der Waals surface area contributed by atoms with E-state index in [9.17, 15) is 27.6 Å². The third-order valence-corrected chi connectivity index (χ3v) is 4.84. The Bertz CT molecular complexity index is 1260. The van der Waals surface area contributed by atoms with Crippen LogP contribution in [-0.2, 0) is 27.0 Å². The van der Waals surface area contributed by atoms with Crippen LogP contribution < -0.4 is 15.6 Å². The number of hydrogen-bond donors (Lipinski definition) is 1. The summed E-state index contributed by atoms with van der Waals surface area (Å²) < 4.78 is 50.1. The highest BCUT2D eigenvalue weighted by molar-refractivity contribution is 6.33. The summed E-state index contributed by atoms with van der Waals surface area (Å²) in [5, 5.41) is 2.86. The number of amides is 1. The van der Waals surface area contributed by atoms with Crippen molar-refractivity contribution < 1.29 is 32.2 Å². The van der Waals surface area contributed by atoms with Crippen LogP contribution in [0, 0.1) is 0 Å². The molecule has 33 heavy (non-hydrogen) atoms. The van der Waals surface area contributed by atoms with Crippen LogP contribution in [0.15, 0.2) is 53.5 Å². The van der Waals surface area contributed by atoms with E-state index in [-0.39, 0.29) is 35.1 Å². The third-order valence-electron chi connectivity index (χ3n) is 4.51. The molecule has 174 valence electrons. The Balaban J connectivity index is 1.80. The van der Waals surface area contributed by atoms with Crippen LogP contribution >= 0.6 is 11.6 Å². The Hall–Kier alpha value is -3.53. The average Bonchev–Trinajstić information content (AvgIpc) is 2.75. The van der Waals surface area contributed by atoms with Gasteiger partial charge in [0.2, 0.25) is 5.91 Å². The summed E-state index contributed by atoms with van der Waals surface area (Å²) in [4.78, 5) is 36.7. The summed E-state index contributed by atoms with van der Waals surface area (Å²) in [5.41, 5.74) is -1.72. The zero-order chi connectivity index (χ0) is 24.2. The summed E-state index contributed by atoms with van der Waals surface area (Å²) in [7, 11) is 0. The number of anilines is 1. The molecule has 0 unspecified atom stereocenters. The molecule has 11 heteroatoms. The van der Waals surface area contributed by atoms with E-state index in [1.165, 1.54) is 18.3 Å². The van der Waals surface area contributed by atoms with Gasteiger partial charge in [0.15, 0.2) is 6.61 Å². The number of benzene rings is 2. The minimum absolute atomic E-state index is 0.0781. The third kappa shape index (κ3) is 5.83. The maximum absolute atomic E-state index is 12.9. The standard InChI is InChI=1S/C22H18ClF3N2O5/c1-2-32-20(30)12-33-18-5-3-4-15-14(18)8-9-28(21(15)31)11-19(29)27-17-10-13(22(24,25)26)6-7-16(17)23/h3-10H,2,11-12H2,1H3,(H,27,29). The van der Waals surface area contributed by atoms with E-state index in [1.54, 1.807) is 19.1 Å².